The van der Waals surface area contributed by atoms with Gasteiger partial charge >= 0.3 is 6.18 Å². The molecule has 2 rings (SSSR count). The number of nitrogens with one attached hydrogen (secondary N) is 1. The Kier molecular flexibility index (Phi) is 5.69. The van der Waals surface area contributed by atoms with Crippen LogP contribution in [0.5, 0.6) is 5.75 Å². The zero-order valence-electron chi connectivity index (χ0n) is 12.8. The molecule has 0 bridgehead atoms. The molecule has 1 heterocycles. The van der Waals surface area contributed by atoms with Crippen LogP contribution in [0.25, 0.3) is 0 Å². The number of hydrogen-bond acceptors (Lipinski definition) is 3. The van der Waals surface area contributed by atoms with Crippen molar-refractivity contribution in [1.29, 1.82) is 0 Å². The molecule has 1 aliphatic heterocycles. The van der Waals surface area contributed by atoms with Crippen molar-refractivity contribution in [3.05, 3.63) is 29.8 Å². The second kappa shape index (κ2) is 7.33. The Bertz CT molecular complexity index is 471. The van der Waals surface area contributed by atoms with Crippen molar-refractivity contribution in [3.63, 3.8) is 0 Å². The second-order valence-corrected chi connectivity index (χ2v) is 5.82. The van der Waals surface area contributed by atoms with E-state index in [1.165, 1.54) is 6.07 Å². The Balaban J connectivity index is 2.08. The van der Waals surface area contributed by atoms with E-state index < -0.39 is 11.7 Å². The topological polar surface area (TPSA) is 30.5 Å². The number of hydrogen-bond donors (Lipinski definition) is 1. The third-order valence-electron chi connectivity index (χ3n) is 3.67. The molecule has 0 unspecified atom stereocenters. The molecule has 0 aliphatic carbocycles. The molecule has 0 radical (unpaired) electrons. The molecule has 6 heteroatoms. The average Bonchev–Trinajstić information content (AvgIpc) is 2.96. The van der Waals surface area contributed by atoms with Gasteiger partial charge in [-0.25, -0.2) is 0 Å². The molecule has 22 heavy (non-hydrogen) atoms. The van der Waals surface area contributed by atoms with Crippen molar-refractivity contribution in [3.8, 4) is 5.75 Å². The van der Waals surface area contributed by atoms with Gasteiger partial charge in [0.05, 0.1) is 18.3 Å². The minimum atomic E-state index is -4.36. The zero-order valence-corrected chi connectivity index (χ0v) is 12.8. The Morgan fingerprint density at radius 1 is 1.32 bits per heavy atom. The van der Waals surface area contributed by atoms with Gasteiger partial charge < -0.3 is 14.8 Å². The molecule has 1 aromatic rings. The van der Waals surface area contributed by atoms with Gasteiger partial charge in [-0.1, -0.05) is 6.07 Å². The Hall–Kier alpha value is -1.27. The molecule has 1 aliphatic rings. The fraction of sp³-hybridized carbons (Fsp3) is 0.625. The molecule has 124 valence electrons. The first-order chi connectivity index (χ1) is 10.4. The van der Waals surface area contributed by atoms with Crippen LogP contribution >= 0.6 is 0 Å². The largest absolute Gasteiger partial charge is 0.488 e. The van der Waals surface area contributed by atoms with Crippen molar-refractivity contribution in [2.24, 2.45) is 5.92 Å². The van der Waals surface area contributed by atoms with E-state index in [4.69, 9.17) is 9.47 Å². The summed E-state index contributed by atoms with van der Waals surface area (Å²) in [5, 5.41) is 3.25. The Morgan fingerprint density at radius 2 is 2.09 bits per heavy atom. The van der Waals surface area contributed by atoms with Crippen molar-refractivity contribution in [2.45, 2.75) is 38.7 Å². The minimum Gasteiger partial charge on any atom is -0.488 e. The first kappa shape index (κ1) is 17.1. The summed E-state index contributed by atoms with van der Waals surface area (Å²) in [6.07, 6.45) is -3.62. The van der Waals surface area contributed by atoms with Gasteiger partial charge in [-0.3, -0.25) is 0 Å². The highest BCUT2D eigenvalue weighted by Gasteiger charge is 2.32. The predicted octanol–water partition coefficient (Wildman–Crippen LogP) is 3.49. The smallest absolute Gasteiger partial charge is 0.416 e. The van der Waals surface area contributed by atoms with Gasteiger partial charge in [0, 0.05) is 12.5 Å². The fourth-order valence-electron chi connectivity index (χ4n) is 2.47. The maximum atomic E-state index is 12.8. The van der Waals surface area contributed by atoms with Crippen LogP contribution in [0, 0.1) is 5.92 Å². The number of alkyl halides is 3. The van der Waals surface area contributed by atoms with Crippen LogP contribution in [0.15, 0.2) is 24.3 Å². The first-order valence-corrected chi connectivity index (χ1v) is 7.52. The minimum absolute atomic E-state index is 0.0574. The normalized spacial score (nSPS) is 20.4. The second-order valence-electron chi connectivity index (χ2n) is 5.82. The lowest BCUT2D eigenvalue weighted by atomic mass is 10.0. The maximum absolute atomic E-state index is 12.8. The summed E-state index contributed by atoms with van der Waals surface area (Å²) in [4.78, 5) is 0. The summed E-state index contributed by atoms with van der Waals surface area (Å²) in [6.45, 7) is 5.92. The van der Waals surface area contributed by atoms with E-state index in [1.54, 1.807) is 6.07 Å². The third-order valence-corrected chi connectivity index (χ3v) is 3.67. The summed E-state index contributed by atoms with van der Waals surface area (Å²) < 4.78 is 49.7. The van der Waals surface area contributed by atoms with Gasteiger partial charge in [-0.05, 0) is 45.0 Å². The molecule has 0 saturated carbocycles. The van der Waals surface area contributed by atoms with Crippen molar-refractivity contribution < 1.29 is 22.6 Å². The van der Waals surface area contributed by atoms with E-state index in [9.17, 15) is 13.2 Å². The van der Waals surface area contributed by atoms with E-state index >= 15 is 0 Å². The van der Waals surface area contributed by atoms with E-state index in [2.05, 4.69) is 5.32 Å². The Labute approximate surface area is 128 Å². The zero-order chi connectivity index (χ0) is 16.2. The summed E-state index contributed by atoms with van der Waals surface area (Å²) in [5.41, 5.74) is -0.696. The number of benzene rings is 1. The maximum Gasteiger partial charge on any atom is 0.416 e. The summed E-state index contributed by atoms with van der Waals surface area (Å²) in [5.74, 6) is 0.479. The van der Waals surface area contributed by atoms with Crippen LogP contribution in [-0.4, -0.2) is 31.9 Å². The Morgan fingerprint density at radius 3 is 2.68 bits per heavy atom. The molecule has 2 atom stereocenters. The van der Waals surface area contributed by atoms with Crippen molar-refractivity contribution in [2.75, 3.05) is 19.7 Å². The lowest BCUT2D eigenvalue weighted by Crippen LogP contribution is -2.34. The molecule has 1 saturated heterocycles. The van der Waals surface area contributed by atoms with Gasteiger partial charge in [0.2, 0.25) is 0 Å². The van der Waals surface area contributed by atoms with Crippen LogP contribution in [0.2, 0.25) is 0 Å². The van der Waals surface area contributed by atoms with E-state index in [0.29, 0.717) is 6.61 Å². The van der Waals surface area contributed by atoms with Gasteiger partial charge in [0.1, 0.15) is 11.9 Å². The van der Waals surface area contributed by atoms with Crippen LogP contribution in [-0.2, 0) is 10.9 Å². The van der Waals surface area contributed by atoms with Crippen LogP contribution in [0.3, 0.4) is 0 Å². The lowest BCUT2D eigenvalue weighted by molar-refractivity contribution is -0.137. The summed E-state index contributed by atoms with van der Waals surface area (Å²) in [7, 11) is 0. The third kappa shape index (κ3) is 4.88. The molecule has 1 aromatic carbocycles. The molecule has 0 amide bonds. The molecule has 1 fully saturated rings. The van der Waals surface area contributed by atoms with E-state index in [0.717, 1.165) is 31.6 Å². The van der Waals surface area contributed by atoms with Gasteiger partial charge in [0.15, 0.2) is 0 Å². The summed E-state index contributed by atoms with van der Waals surface area (Å²) >= 11 is 0. The molecule has 1 N–H and O–H groups in total. The first-order valence-electron chi connectivity index (χ1n) is 7.52. The van der Waals surface area contributed by atoms with Crippen LogP contribution in [0.1, 0.15) is 25.8 Å². The van der Waals surface area contributed by atoms with Gasteiger partial charge in [-0.15, -0.1) is 0 Å². The van der Waals surface area contributed by atoms with Gasteiger partial charge in [-0.2, -0.15) is 13.2 Å². The van der Waals surface area contributed by atoms with E-state index in [1.807, 2.05) is 13.8 Å². The lowest BCUT2D eigenvalue weighted by Gasteiger charge is -2.25. The van der Waals surface area contributed by atoms with Crippen molar-refractivity contribution >= 4 is 0 Å². The van der Waals surface area contributed by atoms with Crippen LogP contribution < -0.4 is 10.1 Å². The SMILES string of the molecule is CC(C)OC[C@H](Oc1cccc(C(F)(F)F)c1)[C@@H]1CCNC1. The molecular weight excluding hydrogens is 295 g/mol. The molecular formula is C16H22F3NO2. The fourth-order valence-corrected chi connectivity index (χ4v) is 2.47. The number of ether oxygens (including phenoxy) is 2. The predicted molar refractivity (Wildman–Crippen MR) is 77.9 cm³/mol. The quantitative estimate of drug-likeness (QED) is 0.871. The van der Waals surface area contributed by atoms with E-state index in [-0.39, 0.29) is 23.9 Å². The van der Waals surface area contributed by atoms with Gasteiger partial charge in [0.25, 0.3) is 0 Å². The highest BCUT2D eigenvalue weighted by atomic mass is 19.4. The van der Waals surface area contributed by atoms with Crippen LogP contribution in [0.4, 0.5) is 13.2 Å². The monoisotopic (exact) mass is 317 g/mol. The molecule has 0 aromatic heterocycles. The summed E-state index contributed by atoms with van der Waals surface area (Å²) in [6, 6.07) is 5.01. The highest BCUT2D eigenvalue weighted by molar-refractivity contribution is 5.30. The average molecular weight is 317 g/mol. The highest BCUT2D eigenvalue weighted by Crippen LogP contribution is 2.32. The number of halogens is 3. The molecule has 0 spiro atoms. The number of rotatable bonds is 6. The van der Waals surface area contributed by atoms with Crippen molar-refractivity contribution in [1.82, 2.24) is 5.32 Å². The molecule has 3 nitrogen and oxygen atoms in total. The standard InChI is InChI=1S/C16H22F3NO2/c1-11(2)21-10-15(12-6-7-20-9-12)22-14-5-3-4-13(8-14)16(17,18)19/h3-5,8,11-12,15,20H,6-7,9-10H2,1-2H3/t12-,15+/m1/s1.